The molecule has 4 rings (SSSR count). The zero-order valence-corrected chi connectivity index (χ0v) is 13.1. The lowest BCUT2D eigenvalue weighted by molar-refractivity contribution is 0.0965. The summed E-state index contributed by atoms with van der Waals surface area (Å²) in [4.78, 5) is 14.6. The van der Waals surface area contributed by atoms with Crippen LogP contribution in [0.1, 0.15) is 21.6 Å². The quantitative estimate of drug-likeness (QED) is 0.631. The minimum Gasteiger partial charge on any atom is -0.340 e. The molecule has 116 valence electrons. The molecule has 1 aromatic heterocycles. The van der Waals surface area contributed by atoms with Gasteiger partial charge < -0.3 is 9.47 Å². The Labute approximate surface area is 141 Å². The van der Waals surface area contributed by atoms with E-state index in [1.165, 1.54) is 0 Å². The number of hydrogen-bond acceptors (Lipinski definition) is 1. The van der Waals surface area contributed by atoms with Crippen molar-refractivity contribution in [1.29, 1.82) is 0 Å². The summed E-state index contributed by atoms with van der Waals surface area (Å²) < 4.78 is 2.00. The SMILES string of the molecule is O=C1c2cc(C#Cc3ccccc3)cn2CCN1c1ccccc1. The number of carbonyl (C=O) groups is 1. The molecule has 0 atom stereocenters. The molecule has 24 heavy (non-hydrogen) atoms. The summed E-state index contributed by atoms with van der Waals surface area (Å²) in [5.41, 5.74) is 3.48. The van der Waals surface area contributed by atoms with Crippen molar-refractivity contribution in [2.45, 2.75) is 6.54 Å². The monoisotopic (exact) mass is 312 g/mol. The third-order valence-corrected chi connectivity index (χ3v) is 4.12. The van der Waals surface area contributed by atoms with E-state index < -0.39 is 0 Å². The molecule has 0 bridgehead atoms. The van der Waals surface area contributed by atoms with Gasteiger partial charge in [-0.15, -0.1) is 0 Å². The number of carbonyl (C=O) groups excluding carboxylic acids is 1. The first-order valence-corrected chi connectivity index (χ1v) is 7.95. The minimum absolute atomic E-state index is 0.0280. The normalized spacial score (nSPS) is 13.2. The van der Waals surface area contributed by atoms with Crippen LogP contribution >= 0.6 is 0 Å². The van der Waals surface area contributed by atoms with Crippen molar-refractivity contribution in [3.63, 3.8) is 0 Å². The maximum atomic E-state index is 12.8. The van der Waals surface area contributed by atoms with Gasteiger partial charge in [0.05, 0.1) is 0 Å². The number of aromatic nitrogens is 1. The highest BCUT2D eigenvalue weighted by molar-refractivity contribution is 6.06. The fraction of sp³-hybridized carbons (Fsp3) is 0.0952. The van der Waals surface area contributed by atoms with Gasteiger partial charge in [-0.05, 0) is 30.3 Å². The largest absolute Gasteiger partial charge is 0.340 e. The van der Waals surface area contributed by atoms with Gasteiger partial charge in [0.1, 0.15) is 5.69 Å². The molecule has 0 fully saturated rings. The summed E-state index contributed by atoms with van der Waals surface area (Å²) in [6.45, 7) is 1.46. The van der Waals surface area contributed by atoms with E-state index in [-0.39, 0.29) is 5.91 Å². The van der Waals surface area contributed by atoms with Gasteiger partial charge in [0.2, 0.25) is 0 Å². The second kappa shape index (κ2) is 6.10. The predicted octanol–water partition coefficient (Wildman–Crippen LogP) is 3.55. The van der Waals surface area contributed by atoms with Crippen molar-refractivity contribution in [1.82, 2.24) is 4.57 Å². The fourth-order valence-corrected chi connectivity index (χ4v) is 2.91. The second-order valence-electron chi connectivity index (χ2n) is 5.72. The van der Waals surface area contributed by atoms with E-state index in [0.717, 1.165) is 23.4 Å². The van der Waals surface area contributed by atoms with Crippen molar-refractivity contribution >= 4 is 11.6 Å². The number of anilines is 1. The Morgan fingerprint density at radius 3 is 2.21 bits per heavy atom. The van der Waals surface area contributed by atoms with Crippen LogP contribution in [-0.2, 0) is 6.54 Å². The zero-order chi connectivity index (χ0) is 16.4. The molecule has 1 aliphatic heterocycles. The molecule has 3 nitrogen and oxygen atoms in total. The molecular weight excluding hydrogens is 296 g/mol. The van der Waals surface area contributed by atoms with E-state index in [1.54, 1.807) is 0 Å². The molecular formula is C21H16N2O. The highest BCUT2D eigenvalue weighted by atomic mass is 16.2. The van der Waals surface area contributed by atoms with Crippen LogP contribution < -0.4 is 4.90 Å². The highest BCUT2D eigenvalue weighted by Crippen LogP contribution is 2.22. The molecule has 2 heterocycles. The van der Waals surface area contributed by atoms with E-state index in [0.29, 0.717) is 12.2 Å². The Bertz CT molecular complexity index is 930. The van der Waals surface area contributed by atoms with Crippen molar-refractivity contribution in [3.05, 3.63) is 89.7 Å². The van der Waals surface area contributed by atoms with E-state index in [4.69, 9.17) is 0 Å². The Morgan fingerprint density at radius 2 is 1.46 bits per heavy atom. The first-order valence-electron chi connectivity index (χ1n) is 7.95. The van der Waals surface area contributed by atoms with Gasteiger partial charge in [-0.25, -0.2) is 0 Å². The molecule has 0 unspecified atom stereocenters. The number of nitrogens with zero attached hydrogens (tertiary/aromatic N) is 2. The van der Waals surface area contributed by atoms with Crippen LogP contribution in [-0.4, -0.2) is 17.0 Å². The zero-order valence-electron chi connectivity index (χ0n) is 13.1. The lowest BCUT2D eigenvalue weighted by Crippen LogP contribution is -2.39. The van der Waals surface area contributed by atoms with Crippen molar-refractivity contribution in [2.24, 2.45) is 0 Å². The van der Waals surface area contributed by atoms with Gasteiger partial charge in [-0.3, -0.25) is 4.79 Å². The molecule has 0 aliphatic carbocycles. The Balaban J connectivity index is 1.62. The third kappa shape index (κ3) is 2.70. The van der Waals surface area contributed by atoms with Crippen LogP contribution in [0.2, 0.25) is 0 Å². The van der Waals surface area contributed by atoms with Crippen molar-refractivity contribution in [3.8, 4) is 11.8 Å². The van der Waals surface area contributed by atoms with Crippen LogP contribution in [0.25, 0.3) is 0 Å². The molecule has 0 saturated carbocycles. The van der Waals surface area contributed by atoms with Gasteiger partial charge in [0.15, 0.2) is 0 Å². The summed E-state index contributed by atoms with van der Waals surface area (Å²) in [5.74, 6) is 6.32. The summed E-state index contributed by atoms with van der Waals surface area (Å²) in [7, 11) is 0. The first kappa shape index (κ1) is 14.3. The van der Waals surface area contributed by atoms with Gasteiger partial charge >= 0.3 is 0 Å². The molecule has 3 heteroatoms. The number of para-hydroxylation sites is 1. The molecule has 0 spiro atoms. The Hall–Kier alpha value is -3.25. The Kier molecular flexibility index (Phi) is 3.64. The molecule has 0 saturated heterocycles. The smallest absolute Gasteiger partial charge is 0.274 e. The van der Waals surface area contributed by atoms with E-state index in [2.05, 4.69) is 11.8 Å². The predicted molar refractivity (Wildman–Crippen MR) is 95.0 cm³/mol. The third-order valence-electron chi connectivity index (χ3n) is 4.12. The van der Waals surface area contributed by atoms with Crippen LogP contribution in [0, 0.1) is 11.8 Å². The summed E-state index contributed by atoms with van der Waals surface area (Å²) in [6.07, 6.45) is 1.96. The maximum Gasteiger partial charge on any atom is 0.274 e. The number of benzene rings is 2. The standard InChI is InChI=1S/C21H16N2O/c24-21-20-15-18(12-11-17-7-3-1-4-8-17)16-22(20)13-14-23(21)19-9-5-2-6-10-19/h1-10,15-16H,13-14H2. The van der Waals surface area contributed by atoms with Crippen molar-refractivity contribution < 1.29 is 4.79 Å². The van der Waals surface area contributed by atoms with Crippen LogP contribution in [0.3, 0.4) is 0 Å². The lowest BCUT2D eigenvalue weighted by Gasteiger charge is -2.28. The lowest BCUT2D eigenvalue weighted by atomic mass is 10.2. The maximum absolute atomic E-state index is 12.8. The fourth-order valence-electron chi connectivity index (χ4n) is 2.91. The summed E-state index contributed by atoms with van der Waals surface area (Å²) >= 11 is 0. The Morgan fingerprint density at radius 1 is 0.792 bits per heavy atom. The van der Waals surface area contributed by atoms with Gasteiger partial charge in [0, 0.05) is 36.1 Å². The number of fused-ring (bicyclic) bond motifs is 1. The van der Waals surface area contributed by atoms with Crippen LogP contribution in [0.5, 0.6) is 0 Å². The summed E-state index contributed by atoms with van der Waals surface area (Å²) in [6, 6.07) is 21.5. The average Bonchev–Trinajstić information content (AvgIpc) is 3.06. The van der Waals surface area contributed by atoms with Crippen LogP contribution in [0.15, 0.2) is 72.9 Å². The van der Waals surface area contributed by atoms with Crippen molar-refractivity contribution in [2.75, 3.05) is 11.4 Å². The molecule has 1 amide bonds. The number of hydrogen-bond donors (Lipinski definition) is 0. The van der Waals surface area contributed by atoms with Crippen LogP contribution in [0.4, 0.5) is 5.69 Å². The van der Waals surface area contributed by atoms with Gasteiger partial charge in [0.25, 0.3) is 5.91 Å². The average molecular weight is 312 g/mol. The molecule has 0 radical (unpaired) electrons. The topological polar surface area (TPSA) is 25.2 Å². The molecule has 0 N–H and O–H groups in total. The molecule has 3 aromatic rings. The van der Waals surface area contributed by atoms with E-state index in [9.17, 15) is 4.79 Å². The second-order valence-corrected chi connectivity index (χ2v) is 5.72. The highest BCUT2D eigenvalue weighted by Gasteiger charge is 2.25. The molecule has 1 aliphatic rings. The van der Waals surface area contributed by atoms with E-state index in [1.807, 2.05) is 82.4 Å². The van der Waals surface area contributed by atoms with Gasteiger partial charge in [-0.2, -0.15) is 0 Å². The number of rotatable bonds is 1. The first-order chi connectivity index (χ1) is 11.8. The minimum atomic E-state index is 0.0280. The number of amides is 1. The summed E-state index contributed by atoms with van der Waals surface area (Å²) in [5, 5.41) is 0. The molecule has 2 aromatic carbocycles. The van der Waals surface area contributed by atoms with E-state index >= 15 is 0 Å². The van der Waals surface area contributed by atoms with Gasteiger partial charge in [-0.1, -0.05) is 48.2 Å².